The Balaban J connectivity index is 1.58. The van der Waals surface area contributed by atoms with Gasteiger partial charge in [0.2, 0.25) is 11.8 Å². The predicted molar refractivity (Wildman–Crippen MR) is 120 cm³/mol. The monoisotopic (exact) mass is 527 g/mol. The van der Waals surface area contributed by atoms with E-state index in [4.69, 9.17) is 4.74 Å². The Morgan fingerprint density at radius 2 is 1.52 bits per heavy atom. The third-order valence-electron chi connectivity index (χ3n) is 5.72. The lowest BCUT2D eigenvalue weighted by Gasteiger charge is -2.29. The minimum atomic E-state index is -0.272. The average molecular weight is 529 g/mol. The number of benzene rings is 1. The van der Waals surface area contributed by atoms with Crippen molar-refractivity contribution in [2.45, 2.75) is 67.9 Å². The molecule has 0 spiro atoms. The van der Waals surface area contributed by atoms with Gasteiger partial charge in [0.05, 0.1) is 17.5 Å². The van der Waals surface area contributed by atoms with E-state index in [0.717, 1.165) is 19.3 Å². The van der Waals surface area contributed by atoms with Gasteiger partial charge >= 0.3 is 5.97 Å². The SMILES string of the molecule is CCCCCCCC(=O)Oc1ccc(N2C(=O)[C@H]3C[C@@H](Br)[C@@H](Br)C[C@H]3C2=O)cc1. The molecule has 158 valence electrons. The first kappa shape index (κ1) is 22.5. The van der Waals surface area contributed by atoms with Crippen molar-refractivity contribution in [3.8, 4) is 5.75 Å². The maximum absolute atomic E-state index is 12.8. The second-order valence-corrected chi connectivity index (χ2v) is 10.2. The fourth-order valence-electron chi connectivity index (χ4n) is 4.07. The Kier molecular flexibility index (Phi) is 7.91. The molecule has 1 aliphatic heterocycles. The van der Waals surface area contributed by atoms with E-state index in [-0.39, 0.29) is 39.3 Å². The highest BCUT2D eigenvalue weighted by Gasteiger charge is 2.52. The van der Waals surface area contributed by atoms with Crippen LogP contribution in [-0.2, 0) is 14.4 Å². The van der Waals surface area contributed by atoms with E-state index in [2.05, 4.69) is 38.8 Å². The first-order chi connectivity index (χ1) is 13.9. The van der Waals surface area contributed by atoms with E-state index in [0.29, 0.717) is 30.7 Å². The van der Waals surface area contributed by atoms with Crippen molar-refractivity contribution >= 4 is 55.3 Å². The van der Waals surface area contributed by atoms with Gasteiger partial charge in [0, 0.05) is 16.1 Å². The van der Waals surface area contributed by atoms with Crippen LogP contribution in [0.3, 0.4) is 0 Å². The van der Waals surface area contributed by atoms with Crippen LogP contribution in [0.25, 0.3) is 0 Å². The fraction of sp³-hybridized carbons (Fsp3) is 0.591. The molecule has 3 rings (SSSR count). The summed E-state index contributed by atoms with van der Waals surface area (Å²) in [5.74, 6) is -0.636. The minimum Gasteiger partial charge on any atom is -0.427 e. The van der Waals surface area contributed by atoms with Gasteiger partial charge in [0.25, 0.3) is 0 Å². The van der Waals surface area contributed by atoms with Gasteiger partial charge in [-0.2, -0.15) is 0 Å². The quantitative estimate of drug-likeness (QED) is 0.149. The zero-order chi connectivity index (χ0) is 21.0. The molecule has 1 saturated heterocycles. The molecule has 2 fully saturated rings. The number of fused-ring (bicyclic) bond motifs is 1. The zero-order valence-corrected chi connectivity index (χ0v) is 19.8. The number of nitrogens with zero attached hydrogens (tertiary/aromatic N) is 1. The molecular formula is C22H27Br2NO4. The summed E-state index contributed by atoms with van der Waals surface area (Å²) < 4.78 is 5.38. The number of alkyl halides is 2. The van der Waals surface area contributed by atoms with Gasteiger partial charge in [-0.05, 0) is 43.5 Å². The number of imide groups is 1. The molecule has 2 amide bonds. The van der Waals surface area contributed by atoms with E-state index in [1.807, 2.05) is 0 Å². The highest BCUT2D eigenvalue weighted by molar-refractivity contribution is 9.12. The number of carbonyl (C=O) groups excluding carboxylic acids is 3. The number of esters is 1. The van der Waals surface area contributed by atoms with Crippen LogP contribution in [-0.4, -0.2) is 27.4 Å². The molecular weight excluding hydrogens is 502 g/mol. The summed E-state index contributed by atoms with van der Waals surface area (Å²) in [6, 6.07) is 6.64. The summed E-state index contributed by atoms with van der Waals surface area (Å²) >= 11 is 7.20. The maximum atomic E-state index is 12.8. The van der Waals surface area contributed by atoms with E-state index in [9.17, 15) is 14.4 Å². The summed E-state index contributed by atoms with van der Waals surface area (Å²) in [5, 5.41) is 0. The highest BCUT2D eigenvalue weighted by Crippen LogP contribution is 2.44. The Labute approximate surface area is 188 Å². The summed E-state index contributed by atoms with van der Waals surface area (Å²) in [5.41, 5.74) is 0.533. The Bertz CT molecular complexity index is 724. The Morgan fingerprint density at radius 1 is 0.966 bits per heavy atom. The first-order valence-electron chi connectivity index (χ1n) is 10.4. The molecule has 1 aliphatic carbocycles. The molecule has 0 N–H and O–H groups in total. The highest BCUT2D eigenvalue weighted by atomic mass is 79.9. The Hall–Kier alpha value is -1.21. The first-order valence-corrected chi connectivity index (χ1v) is 12.2. The Morgan fingerprint density at radius 3 is 2.07 bits per heavy atom. The molecule has 7 heteroatoms. The van der Waals surface area contributed by atoms with Crippen molar-refractivity contribution in [2.24, 2.45) is 11.8 Å². The van der Waals surface area contributed by atoms with Crippen LogP contribution in [0.2, 0.25) is 0 Å². The number of halogens is 2. The lowest BCUT2D eigenvalue weighted by atomic mass is 9.81. The number of hydrogen-bond donors (Lipinski definition) is 0. The molecule has 0 unspecified atom stereocenters. The van der Waals surface area contributed by atoms with E-state index >= 15 is 0 Å². The predicted octanol–water partition coefficient (Wildman–Crippen LogP) is 5.38. The fourth-order valence-corrected chi connectivity index (χ4v) is 5.31. The van der Waals surface area contributed by atoms with Crippen molar-refractivity contribution in [1.82, 2.24) is 0 Å². The van der Waals surface area contributed by atoms with E-state index in [1.54, 1.807) is 24.3 Å². The summed E-state index contributed by atoms with van der Waals surface area (Å²) in [6.45, 7) is 2.16. The van der Waals surface area contributed by atoms with E-state index < -0.39 is 0 Å². The second-order valence-electron chi connectivity index (χ2n) is 7.86. The van der Waals surface area contributed by atoms with Crippen molar-refractivity contribution < 1.29 is 19.1 Å². The normalized spacial score (nSPS) is 26.5. The van der Waals surface area contributed by atoms with Crippen molar-refractivity contribution in [3.05, 3.63) is 24.3 Å². The standard InChI is InChI=1S/C22H27Br2NO4/c1-2-3-4-5-6-7-20(26)29-15-10-8-14(9-11-15)25-21(27)16-12-18(23)19(24)13-17(16)22(25)28/h8-11,16-19H,2-7,12-13H2,1H3/t16-,17+,18+,19-. The van der Waals surface area contributed by atoms with Crippen molar-refractivity contribution in [1.29, 1.82) is 0 Å². The van der Waals surface area contributed by atoms with E-state index in [1.165, 1.54) is 17.7 Å². The number of ether oxygens (including phenoxy) is 1. The summed E-state index contributed by atoms with van der Waals surface area (Å²) in [7, 11) is 0. The molecule has 29 heavy (non-hydrogen) atoms. The largest absolute Gasteiger partial charge is 0.427 e. The van der Waals surface area contributed by atoms with Crippen LogP contribution < -0.4 is 9.64 Å². The molecule has 5 nitrogen and oxygen atoms in total. The maximum Gasteiger partial charge on any atom is 0.311 e. The number of anilines is 1. The van der Waals surface area contributed by atoms with Gasteiger partial charge in [0.1, 0.15) is 5.75 Å². The van der Waals surface area contributed by atoms with Gasteiger partial charge in [-0.25, -0.2) is 0 Å². The average Bonchev–Trinajstić information content (AvgIpc) is 2.93. The van der Waals surface area contributed by atoms with Crippen LogP contribution in [0.5, 0.6) is 5.75 Å². The van der Waals surface area contributed by atoms with Gasteiger partial charge in [-0.15, -0.1) is 0 Å². The van der Waals surface area contributed by atoms with Gasteiger partial charge in [0.15, 0.2) is 0 Å². The molecule has 0 aromatic heterocycles. The molecule has 1 aromatic rings. The van der Waals surface area contributed by atoms with Crippen LogP contribution in [0.4, 0.5) is 5.69 Å². The van der Waals surface area contributed by atoms with Gasteiger partial charge < -0.3 is 4.74 Å². The molecule has 1 heterocycles. The number of amides is 2. The number of unbranched alkanes of at least 4 members (excludes halogenated alkanes) is 4. The molecule has 4 atom stereocenters. The molecule has 2 aliphatic rings. The van der Waals surface area contributed by atoms with Crippen LogP contribution in [0, 0.1) is 11.8 Å². The minimum absolute atomic E-state index is 0.138. The number of hydrogen-bond acceptors (Lipinski definition) is 4. The zero-order valence-electron chi connectivity index (χ0n) is 16.6. The van der Waals surface area contributed by atoms with Crippen LogP contribution >= 0.6 is 31.9 Å². The lowest BCUT2D eigenvalue weighted by molar-refractivity contribution is -0.134. The lowest BCUT2D eigenvalue weighted by Crippen LogP contribution is -2.34. The molecule has 1 aromatic carbocycles. The molecule has 0 radical (unpaired) electrons. The number of carbonyl (C=O) groups is 3. The number of rotatable bonds is 8. The van der Waals surface area contributed by atoms with Gasteiger partial charge in [-0.3, -0.25) is 19.3 Å². The topological polar surface area (TPSA) is 63.7 Å². The van der Waals surface area contributed by atoms with Crippen LogP contribution in [0.15, 0.2) is 24.3 Å². The third kappa shape index (κ3) is 5.29. The van der Waals surface area contributed by atoms with Gasteiger partial charge in [-0.1, -0.05) is 64.5 Å². The van der Waals surface area contributed by atoms with Crippen molar-refractivity contribution in [2.75, 3.05) is 4.90 Å². The summed E-state index contributed by atoms with van der Waals surface area (Å²) in [4.78, 5) is 39.3. The smallest absolute Gasteiger partial charge is 0.311 e. The van der Waals surface area contributed by atoms with Crippen molar-refractivity contribution in [3.63, 3.8) is 0 Å². The molecule has 0 bridgehead atoms. The molecule has 1 saturated carbocycles. The second kappa shape index (κ2) is 10.2. The van der Waals surface area contributed by atoms with Crippen LogP contribution in [0.1, 0.15) is 58.3 Å². The third-order valence-corrected chi connectivity index (χ3v) is 8.46. The summed E-state index contributed by atoms with van der Waals surface area (Å²) in [6.07, 6.45) is 7.08.